The molecule has 3 N–H and O–H groups in total. The van der Waals surface area contributed by atoms with Crippen LogP contribution in [0.1, 0.15) is 96.1 Å². The van der Waals surface area contributed by atoms with Crippen LogP contribution in [-0.4, -0.2) is 83.5 Å². The molecule has 3 heterocycles. The van der Waals surface area contributed by atoms with E-state index in [4.69, 9.17) is 4.74 Å². The highest BCUT2D eigenvalue weighted by molar-refractivity contribution is 7.91. The van der Waals surface area contributed by atoms with Crippen LogP contribution < -0.4 is 15.4 Å². The summed E-state index contributed by atoms with van der Waals surface area (Å²) in [6.07, 6.45) is 6.47. The van der Waals surface area contributed by atoms with Crippen LogP contribution in [0.4, 0.5) is 9.18 Å². The molecule has 3 aliphatic heterocycles. The molecule has 6 rings (SSSR count). The molecule has 0 spiro atoms. The van der Waals surface area contributed by atoms with Crippen molar-refractivity contribution in [2.24, 2.45) is 11.3 Å². The van der Waals surface area contributed by atoms with Gasteiger partial charge in [0.1, 0.15) is 29.5 Å². The van der Waals surface area contributed by atoms with E-state index in [0.717, 1.165) is 12.8 Å². The second-order valence-electron chi connectivity index (χ2n) is 15.9. The summed E-state index contributed by atoms with van der Waals surface area (Å²) < 4.78 is 47.9. The Morgan fingerprint density at radius 1 is 1.08 bits per heavy atom. The number of nitrogens with one attached hydrogen (secondary N) is 3. The van der Waals surface area contributed by atoms with Crippen LogP contribution in [-0.2, 0) is 47.0 Å². The zero-order chi connectivity index (χ0) is 36.7. The number of amides is 5. The van der Waals surface area contributed by atoms with Gasteiger partial charge in [0, 0.05) is 30.9 Å². The van der Waals surface area contributed by atoms with Gasteiger partial charge in [-0.15, -0.1) is 0 Å². The van der Waals surface area contributed by atoms with Crippen LogP contribution in [0.2, 0.25) is 0 Å². The number of halogens is 1. The van der Waals surface area contributed by atoms with E-state index in [1.165, 1.54) is 15.9 Å². The first-order valence-electron chi connectivity index (χ1n) is 17.9. The highest BCUT2D eigenvalue weighted by Gasteiger charge is 2.62. The Bertz CT molecular complexity index is 1720. The quantitative estimate of drug-likeness (QED) is 0.375. The number of benzene rings is 1. The SMILES string of the molecule is CC(C)(C)CC(=O)N[C@H]1CCCCC/C=C/[C@@H]2C[C@@]2(C(=O)NS(=O)(=O)C2CC2)NC(=O)[C@@H]2C[C@@H](OC(=O)N3Cc4cccc(F)c4C3)CN2C1=O. The summed E-state index contributed by atoms with van der Waals surface area (Å²) in [5.74, 6) is -3.22. The Balaban J connectivity index is 1.25. The van der Waals surface area contributed by atoms with Gasteiger partial charge in [-0.25, -0.2) is 17.6 Å². The van der Waals surface area contributed by atoms with Gasteiger partial charge < -0.3 is 20.3 Å². The standard InChI is InChI=1S/C36H48FN5O8S/c1-35(2,3)18-30(43)38-28-13-8-6-4-5-7-11-23-17-36(23,33(46)40-51(48,49)25-14-15-25)39-31(44)29-16-24(20-42(29)32(28)45)50-34(47)41-19-22-10-9-12-27(37)26(22)21-41/h7,9-12,23-25,28-29H,4-6,8,13-21H2,1-3H3,(H,38,43)(H,39,44)(H,40,46)/b11-7+/t23-,24-,28+,29+,36-/m1/s1. The molecule has 5 atom stereocenters. The molecule has 15 heteroatoms. The maximum absolute atomic E-state index is 14.4. The highest BCUT2D eigenvalue weighted by Crippen LogP contribution is 2.46. The lowest BCUT2D eigenvalue weighted by Gasteiger charge is -2.30. The van der Waals surface area contributed by atoms with Gasteiger partial charge in [-0.05, 0) is 55.6 Å². The Labute approximate surface area is 298 Å². The average molecular weight is 730 g/mol. The number of hydrogen-bond donors (Lipinski definition) is 3. The topological polar surface area (TPSA) is 171 Å². The van der Waals surface area contributed by atoms with Crippen LogP contribution in [0.25, 0.3) is 0 Å². The molecule has 0 aromatic heterocycles. The molecule has 51 heavy (non-hydrogen) atoms. The molecule has 13 nitrogen and oxygen atoms in total. The zero-order valence-corrected chi connectivity index (χ0v) is 30.2. The summed E-state index contributed by atoms with van der Waals surface area (Å²) in [6, 6.07) is 2.49. The lowest BCUT2D eigenvalue weighted by atomic mass is 9.91. The monoisotopic (exact) mass is 729 g/mol. The minimum absolute atomic E-state index is 0.0122. The molecule has 0 unspecified atom stereocenters. The molecule has 5 aliphatic rings. The van der Waals surface area contributed by atoms with Gasteiger partial charge in [-0.2, -0.15) is 0 Å². The van der Waals surface area contributed by atoms with Crippen molar-refractivity contribution < 1.29 is 41.5 Å². The third-order valence-corrected chi connectivity index (χ3v) is 12.1. The minimum atomic E-state index is -3.91. The summed E-state index contributed by atoms with van der Waals surface area (Å²) in [5, 5.41) is 5.05. The Morgan fingerprint density at radius 3 is 2.55 bits per heavy atom. The van der Waals surface area contributed by atoms with E-state index in [-0.39, 0.29) is 50.2 Å². The molecule has 2 saturated carbocycles. The van der Waals surface area contributed by atoms with Crippen molar-refractivity contribution in [3.05, 3.63) is 47.3 Å². The van der Waals surface area contributed by atoms with Gasteiger partial charge in [0.15, 0.2) is 0 Å². The van der Waals surface area contributed by atoms with Gasteiger partial charge >= 0.3 is 6.09 Å². The van der Waals surface area contributed by atoms with E-state index >= 15 is 0 Å². The van der Waals surface area contributed by atoms with Crippen LogP contribution in [0.15, 0.2) is 30.4 Å². The normalized spacial score (nSPS) is 29.0. The predicted molar refractivity (Wildman–Crippen MR) is 183 cm³/mol. The van der Waals surface area contributed by atoms with Gasteiger partial charge in [0.2, 0.25) is 27.7 Å². The van der Waals surface area contributed by atoms with Crippen molar-refractivity contribution in [1.82, 2.24) is 25.2 Å². The Kier molecular flexibility index (Phi) is 10.2. The number of sulfonamides is 1. The third kappa shape index (κ3) is 8.39. The van der Waals surface area contributed by atoms with Gasteiger partial charge in [0.25, 0.3) is 5.91 Å². The van der Waals surface area contributed by atoms with Crippen molar-refractivity contribution in [1.29, 1.82) is 0 Å². The lowest BCUT2D eigenvalue weighted by molar-refractivity contribution is -0.142. The number of carbonyl (C=O) groups is 5. The van der Waals surface area contributed by atoms with Crippen molar-refractivity contribution in [2.45, 2.75) is 127 Å². The van der Waals surface area contributed by atoms with Crippen LogP contribution in [0.5, 0.6) is 0 Å². The summed E-state index contributed by atoms with van der Waals surface area (Å²) in [4.78, 5) is 71.2. The Hall–Kier alpha value is -4.01. The largest absolute Gasteiger partial charge is 0.444 e. The van der Waals surface area contributed by atoms with Gasteiger partial charge in [0.05, 0.1) is 18.3 Å². The second kappa shape index (κ2) is 14.2. The molecule has 2 aliphatic carbocycles. The van der Waals surface area contributed by atoms with E-state index in [0.29, 0.717) is 43.2 Å². The Morgan fingerprint density at radius 2 is 1.84 bits per heavy atom. The molecule has 0 bridgehead atoms. The smallest absolute Gasteiger partial charge is 0.410 e. The van der Waals surface area contributed by atoms with Crippen LogP contribution in [0.3, 0.4) is 0 Å². The van der Waals surface area contributed by atoms with Crippen molar-refractivity contribution in [3.8, 4) is 0 Å². The van der Waals surface area contributed by atoms with E-state index in [9.17, 15) is 36.8 Å². The first-order valence-corrected chi connectivity index (χ1v) is 19.5. The molecule has 1 aromatic carbocycles. The van der Waals surface area contributed by atoms with E-state index in [1.807, 2.05) is 32.9 Å². The van der Waals surface area contributed by atoms with Crippen LogP contribution >= 0.6 is 0 Å². The summed E-state index contributed by atoms with van der Waals surface area (Å²) >= 11 is 0. The fourth-order valence-corrected chi connectivity index (χ4v) is 8.67. The van der Waals surface area contributed by atoms with E-state index in [2.05, 4.69) is 15.4 Å². The lowest BCUT2D eigenvalue weighted by Crippen LogP contribution is -2.58. The van der Waals surface area contributed by atoms with Gasteiger partial charge in [-0.1, -0.05) is 57.9 Å². The molecular formula is C36H48FN5O8S. The number of ether oxygens (including phenoxy) is 1. The number of allylic oxidation sites excluding steroid dienone is 1. The molecule has 1 saturated heterocycles. The van der Waals surface area contributed by atoms with Crippen molar-refractivity contribution in [2.75, 3.05) is 6.54 Å². The van der Waals surface area contributed by atoms with Crippen molar-refractivity contribution >= 4 is 39.7 Å². The maximum atomic E-state index is 14.4. The number of nitrogens with zero attached hydrogens (tertiary/aromatic N) is 2. The fraction of sp³-hybridized carbons (Fsp3) is 0.639. The summed E-state index contributed by atoms with van der Waals surface area (Å²) in [6.45, 7) is 5.75. The number of fused-ring (bicyclic) bond motifs is 3. The number of rotatable bonds is 6. The summed E-state index contributed by atoms with van der Waals surface area (Å²) in [5.41, 5.74) is -0.813. The minimum Gasteiger partial charge on any atom is -0.444 e. The van der Waals surface area contributed by atoms with Crippen molar-refractivity contribution in [3.63, 3.8) is 0 Å². The summed E-state index contributed by atoms with van der Waals surface area (Å²) in [7, 11) is -3.91. The second-order valence-corrected chi connectivity index (χ2v) is 17.8. The number of hydrogen-bond acceptors (Lipinski definition) is 8. The third-order valence-electron chi connectivity index (χ3n) is 10.3. The van der Waals surface area contributed by atoms with Crippen LogP contribution in [0, 0.1) is 17.2 Å². The molecule has 5 amide bonds. The first-order chi connectivity index (χ1) is 24.1. The van der Waals surface area contributed by atoms with E-state index < -0.39 is 74.5 Å². The van der Waals surface area contributed by atoms with Gasteiger partial charge in [-0.3, -0.25) is 28.8 Å². The molecule has 0 radical (unpaired) electrons. The molecule has 3 fully saturated rings. The maximum Gasteiger partial charge on any atom is 0.410 e. The average Bonchev–Trinajstić information content (AvgIpc) is 3.93. The molecule has 278 valence electrons. The molecular weight excluding hydrogens is 681 g/mol. The highest BCUT2D eigenvalue weighted by atomic mass is 32.2. The van der Waals surface area contributed by atoms with E-state index in [1.54, 1.807) is 12.1 Å². The number of carbonyl (C=O) groups excluding carboxylic acids is 5. The zero-order valence-electron chi connectivity index (χ0n) is 29.4. The predicted octanol–water partition coefficient (Wildman–Crippen LogP) is 3.17. The fourth-order valence-electron chi connectivity index (χ4n) is 7.30. The molecule has 1 aromatic rings. The first kappa shape index (κ1) is 36.8.